The standard InChI is InChI=1S/C27H22FN5O5/c1-36-24-12-18-21(13-25(24)37-2)29-10-9-23(18)38-17-7-8-20(19(28)11-17)31-27(35)32-26(34)15-33-22-6-4-3-5-16(22)14-30-33/h3-14H,15H2,1-2H3,(H2,31,32,34,35). The third-order valence-corrected chi connectivity index (χ3v) is 5.72. The molecule has 0 spiro atoms. The monoisotopic (exact) mass is 515 g/mol. The van der Waals surface area contributed by atoms with Crippen LogP contribution in [-0.2, 0) is 11.3 Å². The van der Waals surface area contributed by atoms with Crippen LogP contribution in [0.4, 0.5) is 14.9 Å². The number of ether oxygens (including phenoxy) is 3. The third kappa shape index (κ3) is 5.03. The Morgan fingerprint density at radius 1 is 0.974 bits per heavy atom. The minimum absolute atomic E-state index is 0.127. The van der Waals surface area contributed by atoms with Gasteiger partial charge in [0.25, 0.3) is 0 Å². The maximum Gasteiger partial charge on any atom is 0.326 e. The largest absolute Gasteiger partial charge is 0.493 e. The Kier molecular flexibility index (Phi) is 6.72. The molecule has 0 aliphatic heterocycles. The summed E-state index contributed by atoms with van der Waals surface area (Å²) in [6.07, 6.45) is 3.19. The van der Waals surface area contributed by atoms with E-state index in [9.17, 15) is 14.0 Å². The van der Waals surface area contributed by atoms with Crippen LogP contribution < -0.4 is 24.8 Å². The number of halogens is 1. The highest BCUT2D eigenvalue weighted by Gasteiger charge is 2.15. The lowest BCUT2D eigenvalue weighted by molar-refractivity contribution is -0.120. The number of rotatable bonds is 7. The van der Waals surface area contributed by atoms with Crippen LogP contribution in [0.1, 0.15) is 0 Å². The molecular formula is C27H22FN5O5. The minimum atomic E-state index is -0.875. The third-order valence-electron chi connectivity index (χ3n) is 5.72. The van der Waals surface area contributed by atoms with Gasteiger partial charge in [0.15, 0.2) is 11.5 Å². The Labute approximate surface area is 215 Å². The quantitative estimate of drug-likeness (QED) is 0.317. The first kappa shape index (κ1) is 24.5. The number of hydrogen-bond acceptors (Lipinski definition) is 7. The van der Waals surface area contributed by atoms with Crippen molar-refractivity contribution in [3.63, 3.8) is 0 Å². The summed E-state index contributed by atoms with van der Waals surface area (Å²) < 4.78 is 32.8. The van der Waals surface area contributed by atoms with Crippen molar-refractivity contribution in [1.29, 1.82) is 0 Å². The van der Waals surface area contributed by atoms with Crippen LogP contribution in [0, 0.1) is 5.82 Å². The van der Waals surface area contributed by atoms with E-state index in [2.05, 4.69) is 20.7 Å². The van der Waals surface area contributed by atoms with Gasteiger partial charge in [-0.05, 0) is 30.3 Å². The van der Waals surface area contributed by atoms with E-state index in [0.717, 1.165) is 17.0 Å². The summed E-state index contributed by atoms with van der Waals surface area (Å²) in [4.78, 5) is 28.9. The molecule has 2 heterocycles. The summed E-state index contributed by atoms with van der Waals surface area (Å²) in [5.41, 5.74) is 1.23. The molecule has 11 heteroatoms. The molecule has 0 aliphatic rings. The van der Waals surface area contributed by atoms with Crippen LogP contribution >= 0.6 is 0 Å². The number of benzene rings is 3. The Morgan fingerprint density at radius 3 is 2.55 bits per heavy atom. The minimum Gasteiger partial charge on any atom is -0.493 e. The van der Waals surface area contributed by atoms with Crippen LogP contribution in [-0.4, -0.2) is 40.9 Å². The number of carbonyl (C=O) groups excluding carboxylic acids is 2. The molecule has 0 unspecified atom stereocenters. The van der Waals surface area contributed by atoms with Crippen molar-refractivity contribution >= 4 is 39.4 Å². The SMILES string of the molecule is COc1cc2nccc(Oc3ccc(NC(=O)NC(=O)Cn4ncc5ccccc54)c(F)c3)c2cc1OC. The highest BCUT2D eigenvalue weighted by molar-refractivity contribution is 6.01. The van der Waals surface area contributed by atoms with Crippen LogP contribution in [0.15, 0.2) is 73.1 Å². The summed E-state index contributed by atoms with van der Waals surface area (Å²) in [5, 5.41) is 10.2. The number of pyridine rings is 1. The molecule has 38 heavy (non-hydrogen) atoms. The summed E-state index contributed by atoms with van der Waals surface area (Å²) in [7, 11) is 3.05. The van der Waals surface area contributed by atoms with Crippen molar-refractivity contribution in [2.24, 2.45) is 0 Å². The van der Waals surface area contributed by atoms with Gasteiger partial charge in [-0.15, -0.1) is 0 Å². The molecule has 3 aromatic carbocycles. The number of amides is 3. The van der Waals surface area contributed by atoms with Crippen molar-refractivity contribution in [2.75, 3.05) is 19.5 Å². The molecule has 192 valence electrons. The molecule has 5 rings (SSSR count). The number of anilines is 1. The summed E-state index contributed by atoms with van der Waals surface area (Å²) in [6, 6.07) is 15.5. The van der Waals surface area contributed by atoms with Gasteiger partial charge in [0.05, 0.1) is 37.1 Å². The Balaban J connectivity index is 1.26. The van der Waals surface area contributed by atoms with E-state index in [1.165, 1.54) is 31.0 Å². The van der Waals surface area contributed by atoms with Gasteiger partial charge in [-0.3, -0.25) is 19.8 Å². The molecule has 2 N–H and O–H groups in total. The average Bonchev–Trinajstić information content (AvgIpc) is 3.32. The van der Waals surface area contributed by atoms with E-state index >= 15 is 0 Å². The first-order valence-corrected chi connectivity index (χ1v) is 11.4. The van der Waals surface area contributed by atoms with Gasteiger partial charge in [0.2, 0.25) is 5.91 Å². The lowest BCUT2D eigenvalue weighted by Crippen LogP contribution is -2.36. The number of urea groups is 1. The number of fused-ring (bicyclic) bond motifs is 2. The molecule has 10 nitrogen and oxygen atoms in total. The van der Waals surface area contributed by atoms with Gasteiger partial charge in [-0.2, -0.15) is 5.10 Å². The maximum absolute atomic E-state index is 14.8. The number of aromatic nitrogens is 3. The van der Waals surface area contributed by atoms with Crippen LogP contribution in [0.5, 0.6) is 23.0 Å². The van der Waals surface area contributed by atoms with Gasteiger partial charge in [0.1, 0.15) is 23.9 Å². The molecule has 0 fully saturated rings. The number of nitrogens with zero attached hydrogens (tertiary/aromatic N) is 3. The van der Waals surface area contributed by atoms with Gasteiger partial charge in [-0.1, -0.05) is 18.2 Å². The number of nitrogens with one attached hydrogen (secondary N) is 2. The van der Waals surface area contributed by atoms with Crippen LogP contribution in [0.3, 0.4) is 0 Å². The van der Waals surface area contributed by atoms with Gasteiger partial charge >= 0.3 is 6.03 Å². The van der Waals surface area contributed by atoms with E-state index in [1.54, 1.807) is 30.6 Å². The molecule has 0 bridgehead atoms. The van der Waals surface area contributed by atoms with Crippen molar-refractivity contribution in [2.45, 2.75) is 6.54 Å². The van der Waals surface area contributed by atoms with E-state index in [-0.39, 0.29) is 18.0 Å². The summed E-state index contributed by atoms with van der Waals surface area (Å²) >= 11 is 0. The van der Waals surface area contributed by atoms with Crippen molar-refractivity contribution < 1.29 is 28.2 Å². The number of methoxy groups -OCH3 is 2. The number of para-hydroxylation sites is 1. The zero-order valence-corrected chi connectivity index (χ0v) is 20.4. The summed E-state index contributed by atoms with van der Waals surface area (Å²) in [6.45, 7) is -0.174. The zero-order valence-electron chi connectivity index (χ0n) is 20.4. The molecule has 0 saturated heterocycles. The number of imide groups is 1. The molecule has 5 aromatic rings. The fourth-order valence-corrected chi connectivity index (χ4v) is 3.93. The topological polar surface area (TPSA) is 117 Å². The van der Waals surface area contributed by atoms with E-state index in [4.69, 9.17) is 14.2 Å². The zero-order chi connectivity index (χ0) is 26.6. The Morgan fingerprint density at radius 2 is 1.76 bits per heavy atom. The normalized spacial score (nSPS) is 10.8. The van der Waals surface area contributed by atoms with Gasteiger partial charge in [0, 0.05) is 29.1 Å². The number of carbonyl (C=O) groups is 2. The van der Waals surface area contributed by atoms with E-state index in [0.29, 0.717) is 28.2 Å². The second-order valence-corrected chi connectivity index (χ2v) is 8.14. The second-order valence-electron chi connectivity index (χ2n) is 8.14. The summed E-state index contributed by atoms with van der Waals surface area (Å²) in [5.74, 6) is 0.266. The first-order valence-electron chi connectivity index (χ1n) is 11.4. The molecule has 0 aliphatic carbocycles. The van der Waals surface area contributed by atoms with Crippen molar-refractivity contribution in [3.8, 4) is 23.0 Å². The van der Waals surface area contributed by atoms with Crippen LogP contribution in [0.2, 0.25) is 0 Å². The highest BCUT2D eigenvalue weighted by atomic mass is 19.1. The molecule has 3 amide bonds. The molecular weight excluding hydrogens is 493 g/mol. The van der Waals surface area contributed by atoms with Crippen molar-refractivity contribution in [3.05, 3.63) is 78.9 Å². The van der Waals surface area contributed by atoms with Crippen LogP contribution in [0.25, 0.3) is 21.8 Å². The lowest BCUT2D eigenvalue weighted by Gasteiger charge is -2.13. The predicted octanol–water partition coefficient (Wildman–Crippen LogP) is 4.88. The Hall–Kier alpha value is -5.19. The molecule has 0 radical (unpaired) electrons. The van der Waals surface area contributed by atoms with Crippen molar-refractivity contribution in [1.82, 2.24) is 20.1 Å². The molecule has 0 atom stereocenters. The van der Waals surface area contributed by atoms with Gasteiger partial charge < -0.3 is 19.5 Å². The van der Waals surface area contributed by atoms with E-state index < -0.39 is 17.8 Å². The average molecular weight is 516 g/mol. The predicted molar refractivity (Wildman–Crippen MR) is 138 cm³/mol. The van der Waals surface area contributed by atoms with Gasteiger partial charge in [-0.25, -0.2) is 9.18 Å². The first-order chi connectivity index (χ1) is 18.4. The highest BCUT2D eigenvalue weighted by Crippen LogP contribution is 2.37. The maximum atomic E-state index is 14.8. The fourth-order valence-electron chi connectivity index (χ4n) is 3.93. The fraction of sp³-hybridized carbons (Fsp3) is 0.111. The Bertz CT molecular complexity index is 1670. The number of hydrogen-bond donors (Lipinski definition) is 2. The lowest BCUT2D eigenvalue weighted by atomic mass is 10.2. The molecule has 0 saturated carbocycles. The second kappa shape index (κ2) is 10.4. The van der Waals surface area contributed by atoms with E-state index in [1.807, 2.05) is 24.3 Å². The molecule has 2 aromatic heterocycles. The smallest absolute Gasteiger partial charge is 0.326 e.